The molecule has 0 radical (unpaired) electrons. The lowest BCUT2D eigenvalue weighted by Crippen LogP contribution is -2.49. The summed E-state index contributed by atoms with van der Waals surface area (Å²) in [5.41, 5.74) is 5.79. The molecule has 2 N–H and O–H groups in total. The number of aryl methyl sites for hydroxylation is 1. The molecule has 0 unspecified atom stereocenters. The smallest absolute Gasteiger partial charge is 0.257 e. The van der Waals surface area contributed by atoms with E-state index >= 15 is 0 Å². The average Bonchev–Trinajstić information content (AvgIpc) is 2.95. The highest BCUT2D eigenvalue weighted by molar-refractivity contribution is 6.30. The topological polar surface area (TPSA) is 64.7 Å². The van der Waals surface area contributed by atoms with Crippen molar-refractivity contribution in [3.8, 4) is 0 Å². The van der Waals surface area contributed by atoms with Gasteiger partial charge >= 0.3 is 0 Å². The van der Waals surface area contributed by atoms with Gasteiger partial charge in [-0.05, 0) is 55.7 Å². The number of hydrogen-bond acceptors (Lipinski definition) is 4. The van der Waals surface area contributed by atoms with E-state index in [4.69, 9.17) is 11.6 Å². The summed E-state index contributed by atoms with van der Waals surface area (Å²) in [5, 5.41) is 7.01. The number of anilines is 3. The number of carbonyl (C=O) groups excluding carboxylic acids is 2. The summed E-state index contributed by atoms with van der Waals surface area (Å²) in [6, 6.07) is 11.4. The Morgan fingerprint density at radius 3 is 2.53 bits per heavy atom. The second-order valence-electron chi connectivity index (χ2n) is 8.36. The summed E-state index contributed by atoms with van der Waals surface area (Å²) >= 11 is 6.18. The molecule has 0 atom stereocenters. The van der Waals surface area contributed by atoms with Gasteiger partial charge in [0.05, 0.1) is 16.9 Å². The number of amides is 2. The molecule has 164 valence electrons. The van der Waals surface area contributed by atoms with Gasteiger partial charge in [0.25, 0.3) is 11.8 Å². The van der Waals surface area contributed by atoms with Gasteiger partial charge in [-0.25, -0.2) is 0 Å². The first-order valence-electron chi connectivity index (χ1n) is 10.9. The Hall–Kier alpha value is -3.25. The van der Waals surface area contributed by atoms with Crippen molar-refractivity contribution in [2.45, 2.75) is 19.8 Å². The molecule has 7 heteroatoms. The van der Waals surface area contributed by atoms with Crippen LogP contribution in [0.1, 0.15) is 28.8 Å². The maximum absolute atomic E-state index is 13.2. The second-order valence-corrected chi connectivity index (χ2v) is 8.80. The zero-order chi connectivity index (χ0) is 22.2. The molecule has 0 aromatic heterocycles. The first kappa shape index (κ1) is 20.6. The minimum atomic E-state index is -0.141. The van der Waals surface area contributed by atoms with Crippen molar-refractivity contribution in [1.82, 2.24) is 4.90 Å². The van der Waals surface area contributed by atoms with Crippen LogP contribution in [0.15, 0.2) is 59.8 Å². The molecular weight excluding hydrogens is 424 g/mol. The Balaban J connectivity index is 1.31. The van der Waals surface area contributed by atoms with Crippen LogP contribution < -0.4 is 15.5 Å². The zero-order valence-electron chi connectivity index (χ0n) is 18.0. The molecule has 0 saturated carbocycles. The normalized spacial score (nSPS) is 17.9. The molecule has 1 saturated heterocycles. The average molecular weight is 449 g/mol. The van der Waals surface area contributed by atoms with Crippen LogP contribution in [0.4, 0.5) is 17.1 Å². The Morgan fingerprint density at radius 1 is 0.938 bits per heavy atom. The highest BCUT2D eigenvalue weighted by Crippen LogP contribution is 2.33. The van der Waals surface area contributed by atoms with Crippen LogP contribution >= 0.6 is 11.6 Å². The fourth-order valence-corrected chi connectivity index (χ4v) is 4.66. The molecule has 0 spiro atoms. The lowest BCUT2D eigenvalue weighted by atomic mass is 10.0. The molecule has 3 aliphatic rings. The third-order valence-corrected chi connectivity index (χ3v) is 6.50. The standard InChI is InChI=1S/C25H25ClN4O2/c1-16-6-8-18(26)15-23(16)29-10-12-30(13-11-29)25(32)17-7-9-21-22(14-17)28-24(31)19-4-2-3-5-20(19)27-21/h4-9,14-15,27H,2-3,10-13H2,1H3,(H,28,31). The fourth-order valence-electron chi connectivity index (χ4n) is 4.49. The number of fused-ring (bicyclic) bond motifs is 2. The Morgan fingerprint density at radius 2 is 1.72 bits per heavy atom. The minimum absolute atomic E-state index is 0.0235. The summed E-state index contributed by atoms with van der Waals surface area (Å²) in [6.45, 7) is 4.83. The van der Waals surface area contributed by atoms with E-state index in [0.717, 1.165) is 48.0 Å². The molecule has 5 rings (SSSR count). The van der Waals surface area contributed by atoms with Gasteiger partial charge in [-0.1, -0.05) is 29.8 Å². The van der Waals surface area contributed by atoms with Crippen molar-refractivity contribution in [2.75, 3.05) is 41.7 Å². The number of piperazine rings is 1. The van der Waals surface area contributed by atoms with Gasteiger partial charge in [0.15, 0.2) is 0 Å². The number of carbonyl (C=O) groups is 2. The first-order valence-corrected chi connectivity index (χ1v) is 11.3. The van der Waals surface area contributed by atoms with Gasteiger partial charge in [0, 0.05) is 48.1 Å². The van der Waals surface area contributed by atoms with Crippen LogP contribution in [0.2, 0.25) is 5.02 Å². The van der Waals surface area contributed by atoms with Gasteiger partial charge in [-0.3, -0.25) is 9.59 Å². The predicted molar refractivity (Wildman–Crippen MR) is 128 cm³/mol. The molecule has 1 aliphatic carbocycles. The molecule has 0 bridgehead atoms. The number of hydrogen-bond donors (Lipinski definition) is 2. The van der Waals surface area contributed by atoms with Crippen LogP contribution in [0.5, 0.6) is 0 Å². The first-order chi connectivity index (χ1) is 15.5. The number of nitrogens with zero attached hydrogens (tertiary/aromatic N) is 2. The maximum atomic E-state index is 13.2. The largest absolute Gasteiger partial charge is 0.368 e. The molecule has 2 amide bonds. The summed E-state index contributed by atoms with van der Waals surface area (Å²) in [4.78, 5) is 30.0. The zero-order valence-corrected chi connectivity index (χ0v) is 18.7. The van der Waals surface area contributed by atoms with Crippen LogP contribution in [0.25, 0.3) is 0 Å². The van der Waals surface area contributed by atoms with Crippen molar-refractivity contribution in [3.63, 3.8) is 0 Å². The molecule has 32 heavy (non-hydrogen) atoms. The van der Waals surface area contributed by atoms with Gasteiger partial charge in [0.1, 0.15) is 0 Å². The van der Waals surface area contributed by atoms with Crippen LogP contribution in [-0.4, -0.2) is 42.9 Å². The number of halogens is 1. The lowest BCUT2D eigenvalue weighted by Gasteiger charge is -2.37. The third kappa shape index (κ3) is 3.86. The summed E-state index contributed by atoms with van der Waals surface area (Å²) in [7, 11) is 0. The third-order valence-electron chi connectivity index (χ3n) is 6.26. The summed E-state index contributed by atoms with van der Waals surface area (Å²) < 4.78 is 0. The maximum Gasteiger partial charge on any atom is 0.257 e. The number of benzene rings is 2. The van der Waals surface area contributed by atoms with E-state index in [-0.39, 0.29) is 11.8 Å². The summed E-state index contributed by atoms with van der Waals surface area (Å²) in [6.07, 6.45) is 5.77. The monoisotopic (exact) mass is 448 g/mol. The van der Waals surface area contributed by atoms with Gasteiger partial charge in [0.2, 0.25) is 0 Å². The number of nitrogens with one attached hydrogen (secondary N) is 2. The molecule has 2 aromatic rings. The molecule has 2 aliphatic heterocycles. The van der Waals surface area contributed by atoms with Crippen LogP contribution in [0.3, 0.4) is 0 Å². The molecule has 6 nitrogen and oxygen atoms in total. The van der Waals surface area contributed by atoms with Crippen molar-refractivity contribution in [1.29, 1.82) is 0 Å². The van der Waals surface area contributed by atoms with E-state index < -0.39 is 0 Å². The predicted octanol–water partition coefficient (Wildman–Crippen LogP) is 4.58. The van der Waals surface area contributed by atoms with Gasteiger partial charge < -0.3 is 20.4 Å². The molecular formula is C25H25ClN4O2. The van der Waals surface area contributed by atoms with E-state index in [9.17, 15) is 9.59 Å². The van der Waals surface area contributed by atoms with Gasteiger partial charge in [-0.15, -0.1) is 0 Å². The molecule has 1 fully saturated rings. The second kappa shape index (κ2) is 8.36. The Bertz CT molecular complexity index is 1160. The molecule has 2 heterocycles. The van der Waals surface area contributed by atoms with Crippen LogP contribution in [0, 0.1) is 6.92 Å². The summed E-state index contributed by atoms with van der Waals surface area (Å²) in [5.74, 6) is -0.165. The van der Waals surface area contributed by atoms with Gasteiger partial charge in [-0.2, -0.15) is 0 Å². The van der Waals surface area contributed by atoms with Crippen LogP contribution in [-0.2, 0) is 4.79 Å². The van der Waals surface area contributed by atoms with E-state index in [0.29, 0.717) is 29.9 Å². The SMILES string of the molecule is Cc1ccc(Cl)cc1N1CCN(C(=O)c2ccc3c(c2)NC(=O)C2=CCCC=C2N3)CC1. The number of rotatable bonds is 2. The highest BCUT2D eigenvalue weighted by Gasteiger charge is 2.26. The van der Waals surface area contributed by atoms with E-state index in [1.807, 2.05) is 47.4 Å². The fraction of sp³-hybridized carbons (Fsp3) is 0.280. The van der Waals surface area contributed by atoms with Crippen molar-refractivity contribution >= 4 is 40.5 Å². The lowest BCUT2D eigenvalue weighted by molar-refractivity contribution is -0.112. The quantitative estimate of drug-likeness (QED) is 0.705. The number of allylic oxidation sites excluding steroid dienone is 2. The minimum Gasteiger partial charge on any atom is -0.368 e. The van der Waals surface area contributed by atoms with E-state index in [1.54, 1.807) is 6.07 Å². The highest BCUT2D eigenvalue weighted by atomic mass is 35.5. The Labute approximate surface area is 192 Å². The Kier molecular flexibility index (Phi) is 5.39. The van der Waals surface area contributed by atoms with Crippen molar-refractivity contribution in [3.05, 3.63) is 76.0 Å². The van der Waals surface area contributed by atoms with E-state index in [2.05, 4.69) is 22.5 Å². The van der Waals surface area contributed by atoms with Crippen molar-refractivity contribution < 1.29 is 9.59 Å². The molecule has 2 aromatic carbocycles. The van der Waals surface area contributed by atoms with E-state index in [1.165, 1.54) is 5.56 Å². The van der Waals surface area contributed by atoms with Crippen molar-refractivity contribution in [2.24, 2.45) is 0 Å².